The lowest BCUT2D eigenvalue weighted by atomic mass is 10.3. The van der Waals surface area contributed by atoms with Crippen molar-refractivity contribution in [1.29, 1.82) is 0 Å². The number of nitrogens with zero attached hydrogens (tertiary/aromatic N) is 3. The molecule has 7 heteroatoms. The summed E-state index contributed by atoms with van der Waals surface area (Å²) in [5, 5.41) is 5.47. The van der Waals surface area contributed by atoms with Gasteiger partial charge in [0.05, 0.1) is 18.9 Å². The van der Waals surface area contributed by atoms with Gasteiger partial charge in [-0.2, -0.15) is 0 Å². The number of anilines is 1. The van der Waals surface area contributed by atoms with E-state index in [2.05, 4.69) is 33.1 Å². The normalized spacial score (nSPS) is 11.4. The van der Waals surface area contributed by atoms with Gasteiger partial charge in [-0.05, 0) is 6.92 Å². The standard InChI is InChI=1S/C14H24N4O2S/c1-4-17(6-9-20-3)13-12(11-15-5-8-19-2)18-7-10-21-14(18)16-13/h7,10,15H,4-6,8-9,11H2,1-3H3. The van der Waals surface area contributed by atoms with Crippen LogP contribution in [0.5, 0.6) is 0 Å². The van der Waals surface area contributed by atoms with Crippen LogP contribution in [0.3, 0.4) is 0 Å². The second-order valence-electron chi connectivity index (χ2n) is 4.68. The monoisotopic (exact) mass is 312 g/mol. The predicted molar refractivity (Wildman–Crippen MR) is 86.4 cm³/mol. The Bertz CT molecular complexity index is 540. The molecule has 2 heterocycles. The summed E-state index contributed by atoms with van der Waals surface area (Å²) in [4.78, 5) is 8.07. The Labute approximate surface area is 129 Å². The second-order valence-corrected chi connectivity index (χ2v) is 5.55. The molecule has 0 unspecified atom stereocenters. The van der Waals surface area contributed by atoms with Gasteiger partial charge in [-0.15, -0.1) is 11.3 Å². The summed E-state index contributed by atoms with van der Waals surface area (Å²) in [6.45, 7) is 6.93. The molecule has 118 valence electrons. The van der Waals surface area contributed by atoms with E-state index in [9.17, 15) is 0 Å². The third-order valence-electron chi connectivity index (χ3n) is 3.36. The van der Waals surface area contributed by atoms with Crippen molar-refractivity contribution in [3.63, 3.8) is 0 Å². The zero-order valence-corrected chi connectivity index (χ0v) is 13.8. The van der Waals surface area contributed by atoms with Crippen molar-refractivity contribution in [2.75, 3.05) is 52.0 Å². The number of thiazole rings is 1. The predicted octanol–water partition coefficient (Wildman–Crippen LogP) is 1.60. The fraction of sp³-hybridized carbons (Fsp3) is 0.643. The molecule has 0 saturated carbocycles. The molecule has 0 aliphatic heterocycles. The van der Waals surface area contributed by atoms with Crippen molar-refractivity contribution >= 4 is 22.1 Å². The lowest BCUT2D eigenvalue weighted by Gasteiger charge is -2.21. The molecule has 2 rings (SSSR count). The molecule has 0 amide bonds. The maximum atomic E-state index is 5.20. The number of hydrogen-bond acceptors (Lipinski definition) is 6. The Morgan fingerprint density at radius 2 is 2.14 bits per heavy atom. The highest BCUT2D eigenvalue weighted by atomic mass is 32.1. The van der Waals surface area contributed by atoms with Gasteiger partial charge in [-0.1, -0.05) is 0 Å². The number of nitrogens with one attached hydrogen (secondary N) is 1. The number of hydrogen-bond donors (Lipinski definition) is 1. The summed E-state index contributed by atoms with van der Waals surface area (Å²) in [5.41, 5.74) is 1.19. The number of imidazole rings is 1. The van der Waals surface area contributed by atoms with Gasteiger partial charge < -0.3 is 19.7 Å². The SMILES string of the molecule is CCN(CCOC)c1nc2sccn2c1CNCCOC. The Balaban J connectivity index is 2.17. The summed E-state index contributed by atoms with van der Waals surface area (Å²) in [5.74, 6) is 1.05. The van der Waals surface area contributed by atoms with E-state index in [1.165, 1.54) is 5.69 Å². The van der Waals surface area contributed by atoms with Crippen LogP contribution >= 0.6 is 11.3 Å². The van der Waals surface area contributed by atoms with Gasteiger partial charge in [0.15, 0.2) is 10.8 Å². The second kappa shape index (κ2) is 8.33. The third kappa shape index (κ3) is 3.94. The Kier molecular flexibility index (Phi) is 6.44. The first-order valence-corrected chi connectivity index (χ1v) is 8.07. The van der Waals surface area contributed by atoms with E-state index in [1.807, 2.05) is 0 Å². The molecule has 0 radical (unpaired) electrons. The molecule has 21 heavy (non-hydrogen) atoms. The van der Waals surface area contributed by atoms with E-state index < -0.39 is 0 Å². The number of likely N-dealkylation sites (N-methyl/N-ethyl adjacent to an activating group) is 1. The van der Waals surface area contributed by atoms with Crippen molar-refractivity contribution in [2.45, 2.75) is 13.5 Å². The van der Waals surface area contributed by atoms with E-state index in [-0.39, 0.29) is 0 Å². The molecule has 0 aliphatic carbocycles. The van der Waals surface area contributed by atoms with Crippen molar-refractivity contribution in [1.82, 2.24) is 14.7 Å². The van der Waals surface area contributed by atoms with Crippen molar-refractivity contribution in [3.8, 4) is 0 Å². The minimum absolute atomic E-state index is 0.704. The van der Waals surface area contributed by atoms with Crippen molar-refractivity contribution in [2.24, 2.45) is 0 Å². The highest BCUT2D eigenvalue weighted by molar-refractivity contribution is 7.15. The van der Waals surface area contributed by atoms with E-state index >= 15 is 0 Å². The molecule has 0 bridgehead atoms. The molecular formula is C14H24N4O2S. The first kappa shape index (κ1) is 16.2. The topological polar surface area (TPSA) is 51.0 Å². The van der Waals surface area contributed by atoms with Crippen LogP contribution in [0.4, 0.5) is 5.82 Å². The fourth-order valence-corrected chi connectivity index (χ4v) is 2.96. The van der Waals surface area contributed by atoms with Gasteiger partial charge >= 0.3 is 0 Å². The first-order chi connectivity index (χ1) is 10.3. The first-order valence-electron chi connectivity index (χ1n) is 7.19. The lowest BCUT2D eigenvalue weighted by Crippen LogP contribution is -2.29. The van der Waals surface area contributed by atoms with Gasteiger partial charge in [-0.3, -0.25) is 4.40 Å². The highest BCUT2D eigenvalue weighted by Gasteiger charge is 2.17. The molecule has 0 atom stereocenters. The minimum atomic E-state index is 0.704. The van der Waals surface area contributed by atoms with Gasteiger partial charge in [0, 0.05) is 52.0 Å². The quantitative estimate of drug-likeness (QED) is 0.676. The molecule has 0 aliphatic rings. The van der Waals surface area contributed by atoms with Gasteiger partial charge in [0.2, 0.25) is 0 Å². The summed E-state index contributed by atoms with van der Waals surface area (Å²) in [6.07, 6.45) is 2.08. The molecular weight excluding hydrogens is 288 g/mol. The lowest BCUT2D eigenvalue weighted by molar-refractivity contribution is 0.199. The summed E-state index contributed by atoms with van der Waals surface area (Å²) >= 11 is 1.66. The van der Waals surface area contributed by atoms with Crippen LogP contribution in [0, 0.1) is 0 Å². The van der Waals surface area contributed by atoms with Crippen LogP contribution in [-0.4, -0.2) is 56.5 Å². The minimum Gasteiger partial charge on any atom is -0.383 e. The largest absolute Gasteiger partial charge is 0.383 e. The Morgan fingerprint density at radius 1 is 1.33 bits per heavy atom. The Morgan fingerprint density at radius 3 is 2.86 bits per heavy atom. The molecule has 2 aromatic heterocycles. The van der Waals surface area contributed by atoms with E-state index in [0.717, 1.165) is 37.0 Å². The number of rotatable bonds is 10. The number of ether oxygens (including phenoxy) is 2. The summed E-state index contributed by atoms with van der Waals surface area (Å²) in [7, 11) is 3.44. The van der Waals surface area contributed by atoms with Crippen molar-refractivity contribution in [3.05, 3.63) is 17.3 Å². The zero-order valence-electron chi connectivity index (χ0n) is 13.0. The zero-order chi connectivity index (χ0) is 15.1. The number of methoxy groups -OCH3 is 2. The summed E-state index contributed by atoms with van der Waals surface area (Å²) in [6, 6.07) is 0. The maximum absolute atomic E-state index is 5.20. The molecule has 2 aromatic rings. The average Bonchev–Trinajstić information content (AvgIpc) is 3.07. The molecule has 6 nitrogen and oxygen atoms in total. The Hall–Kier alpha value is -1.15. The molecule has 0 saturated heterocycles. The van der Waals surface area contributed by atoms with Crippen LogP contribution in [0.15, 0.2) is 11.6 Å². The molecule has 0 fully saturated rings. The van der Waals surface area contributed by atoms with Crippen LogP contribution in [-0.2, 0) is 16.0 Å². The summed E-state index contributed by atoms with van der Waals surface area (Å²) < 4.78 is 12.4. The van der Waals surface area contributed by atoms with Crippen LogP contribution in [0.2, 0.25) is 0 Å². The van der Waals surface area contributed by atoms with E-state index in [0.29, 0.717) is 13.2 Å². The van der Waals surface area contributed by atoms with E-state index in [4.69, 9.17) is 14.5 Å². The van der Waals surface area contributed by atoms with E-state index in [1.54, 1.807) is 25.6 Å². The van der Waals surface area contributed by atoms with Crippen LogP contribution in [0.1, 0.15) is 12.6 Å². The maximum Gasteiger partial charge on any atom is 0.195 e. The number of aromatic nitrogens is 2. The molecule has 1 N–H and O–H groups in total. The van der Waals surface area contributed by atoms with Crippen LogP contribution < -0.4 is 10.2 Å². The van der Waals surface area contributed by atoms with Gasteiger partial charge in [0.25, 0.3) is 0 Å². The fourth-order valence-electron chi connectivity index (χ4n) is 2.23. The highest BCUT2D eigenvalue weighted by Crippen LogP contribution is 2.24. The van der Waals surface area contributed by atoms with Gasteiger partial charge in [0.1, 0.15) is 0 Å². The van der Waals surface area contributed by atoms with Gasteiger partial charge in [-0.25, -0.2) is 4.98 Å². The molecule has 0 spiro atoms. The molecule has 0 aromatic carbocycles. The van der Waals surface area contributed by atoms with Crippen molar-refractivity contribution < 1.29 is 9.47 Å². The number of fused-ring (bicyclic) bond motifs is 1. The van der Waals surface area contributed by atoms with Crippen LogP contribution in [0.25, 0.3) is 4.96 Å². The average molecular weight is 312 g/mol. The third-order valence-corrected chi connectivity index (χ3v) is 4.12. The smallest absolute Gasteiger partial charge is 0.195 e.